The Balaban J connectivity index is 3.28. The molecule has 1 aromatic rings. The molecule has 0 fully saturated rings. The average molecular weight is 165 g/mol. The lowest BCUT2D eigenvalue weighted by molar-refractivity contribution is 0.197. The number of nitrogens with zero attached hydrogens (tertiary/aromatic N) is 1. The van der Waals surface area contributed by atoms with Crippen LogP contribution in [0.1, 0.15) is 35.5 Å². The molecule has 66 valence electrons. The van der Waals surface area contributed by atoms with Gasteiger partial charge >= 0.3 is 0 Å². The van der Waals surface area contributed by atoms with Gasteiger partial charge in [0.2, 0.25) is 0 Å². The predicted molar refractivity (Wildman–Crippen MR) is 49.1 cm³/mol. The predicted octanol–water partition coefficient (Wildman–Crippen LogP) is 2.06. The van der Waals surface area contributed by atoms with Crippen LogP contribution >= 0.6 is 0 Å². The van der Waals surface area contributed by atoms with Crippen LogP contribution < -0.4 is 0 Å². The van der Waals surface area contributed by atoms with Crippen LogP contribution in [0, 0.1) is 20.8 Å². The molecule has 0 saturated carbocycles. The number of hydrogen-bond acceptors (Lipinski definition) is 2. The Labute approximate surface area is 73.3 Å². The summed E-state index contributed by atoms with van der Waals surface area (Å²) in [5, 5.41) is 9.44. The minimum absolute atomic E-state index is 0.418. The normalized spacial score (nSPS) is 13.1. The van der Waals surface area contributed by atoms with Crippen molar-refractivity contribution < 1.29 is 5.11 Å². The monoisotopic (exact) mass is 165 g/mol. The van der Waals surface area contributed by atoms with Gasteiger partial charge in [0.15, 0.2) is 0 Å². The first-order chi connectivity index (χ1) is 5.52. The Morgan fingerprint density at radius 2 is 1.92 bits per heavy atom. The smallest absolute Gasteiger partial charge is 0.0782 e. The van der Waals surface area contributed by atoms with Crippen LogP contribution in [0.25, 0.3) is 0 Å². The van der Waals surface area contributed by atoms with E-state index in [4.69, 9.17) is 0 Å². The molecule has 2 nitrogen and oxygen atoms in total. The van der Waals surface area contributed by atoms with Crippen molar-refractivity contribution in [3.8, 4) is 0 Å². The van der Waals surface area contributed by atoms with Crippen molar-refractivity contribution in [2.75, 3.05) is 0 Å². The number of aryl methyl sites for hydroxylation is 3. The van der Waals surface area contributed by atoms with Crippen LogP contribution in [-0.4, -0.2) is 10.1 Å². The zero-order valence-electron chi connectivity index (χ0n) is 8.05. The zero-order chi connectivity index (χ0) is 9.30. The number of aromatic nitrogens is 1. The molecule has 1 rings (SSSR count). The summed E-state index contributed by atoms with van der Waals surface area (Å²) in [7, 11) is 0. The highest BCUT2D eigenvalue weighted by Gasteiger charge is 2.09. The molecule has 0 aliphatic heterocycles. The summed E-state index contributed by atoms with van der Waals surface area (Å²) in [6, 6.07) is 2.00. The number of hydrogen-bond donors (Lipinski definition) is 1. The molecule has 0 saturated heterocycles. The first kappa shape index (κ1) is 9.20. The van der Waals surface area contributed by atoms with E-state index < -0.39 is 6.10 Å². The highest BCUT2D eigenvalue weighted by atomic mass is 16.3. The largest absolute Gasteiger partial charge is 0.389 e. The van der Waals surface area contributed by atoms with E-state index in [1.807, 2.05) is 26.8 Å². The fourth-order valence-electron chi connectivity index (χ4n) is 1.67. The Morgan fingerprint density at radius 3 is 2.33 bits per heavy atom. The molecule has 1 N–H and O–H groups in total. The van der Waals surface area contributed by atoms with Gasteiger partial charge in [-0.25, -0.2) is 0 Å². The van der Waals surface area contributed by atoms with Gasteiger partial charge in [0, 0.05) is 17.0 Å². The second-order valence-electron chi connectivity index (χ2n) is 3.26. The summed E-state index contributed by atoms with van der Waals surface area (Å²) >= 11 is 0. The first-order valence-corrected chi connectivity index (χ1v) is 4.15. The third-order valence-corrected chi connectivity index (χ3v) is 2.00. The van der Waals surface area contributed by atoms with Gasteiger partial charge < -0.3 is 5.11 Å². The third kappa shape index (κ3) is 1.64. The summed E-state index contributed by atoms with van der Waals surface area (Å²) in [4.78, 5) is 4.30. The Morgan fingerprint density at radius 1 is 1.33 bits per heavy atom. The second kappa shape index (κ2) is 3.23. The summed E-state index contributed by atoms with van der Waals surface area (Å²) in [5.41, 5.74) is 4.02. The molecule has 0 radical (unpaired) electrons. The van der Waals surface area contributed by atoms with Crippen molar-refractivity contribution in [3.63, 3.8) is 0 Å². The lowest BCUT2D eigenvalue weighted by Crippen LogP contribution is -2.02. The van der Waals surface area contributed by atoms with E-state index in [-0.39, 0.29) is 0 Å². The van der Waals surface area contributed by atoms with Crippen LogP contribution in [0.15, 0.2) is 6.07 Å². The van der Waals surface area contributed by atoms with Gasteiger partial charge in [-0.2, -0.15) is 0 Å². The lowest BCUT2D eigenvalue weighted by atomic mass is 10.0. The maximum absolute atomic E-state index is 9.44. The maximum atomic E-state index is 9.44. The van der Waals surface area contributed by atoms with Crippen LogP contribution in [0.4, 0.5) is 0 Å². The number of rotatable bonds is 1. The minimum Gasteiger partial charge on any atom is -0.389 e. The van der Waals surface area contributed by atoms with E-state index in [0.717, 1.165) is 22.5 Å². The summed E-state index contributed by atoms with van der Waals surface area (Å²) in [5.74, 6) is 0. The van der Waals surface area contributed by atoms with Crippen LogP contribution in [-0.2, 0) is 0 Å². The van der Waals surface area contributed by atoms with Gasteiger partial charge in [0.1, 0.15) is 0 Å². The average Bonchev–Trinajstić information content (AvgIpc) is 1.82. The van der Waals surface area contributed by atoms with Gasteiger partial charge in [0.25, 0.3) is 0 Å². The molecule has 0 spiro atoms. The van der Waals surface area contributed by atoms with E-state index in [1.54, 1.807) is 6.92 Å². The lowest BCUT2D eigenvalue weighted by Gasteiger charge is -2.12. The Hall–Kier alpha value is -0.890. The minimum atomic E-state index is -0.418. The van der Waals surface area contributed by atoms with Gasteiger partial charge in [-0.15, -0.1) is 0 Å². The number of aliphatic hydroxyl groups is 1. The van der Waals surface area contributed by atoms with Crippen molar-refractivity contribution in [2.45, 2.75) is 33.8 Å². The second-order valence-corrected chi connectivity index (χ2v) is 3.26. The van der Waals surface area contributed by atoms with Gasteiger partial charge in [-0.05, 0) is 39.3 Å². The SMILES string of the molecule is Cc1cc(C)c(C(C)O)c(C)n1. The Kier molecular flexibility index (Phi) is 2.48. The van der Waals surface area contributed by atoms with Crippen LogP contribution in [0.5, 0.6) is 0 Å². The van der Waals surface area contributed by atoms with Crippen molar-refractivity contribution >= 4 is 0 Å². The van der Waals surface area contributed by atoms with E-state index in [9.17, 15) is 5.11 Å². The fraction of sp³-hybridized carbons (Fsp3) is 0.500. The van der Waals surface area contributed by atoms with Crippen molar-refractivity contribution in [2.24, 2.45) is 0 Å². The number of pyridine rings is 1. The molecular formula is C10H15NO. The molecule has 0 aliphatic rings. The summed E-state index contributed by atoms with van der Waals surface area (Å²) in [6.07, 6.45) is -0.418. The fourth-order valence-corrected chi connectivity index (χ4v) is 1.67. The molecule has 0 bridgehead atoms. The molecule has 0 aliphatic carbocycles. The first-order valence-electron chi connectivity index (χ1n) is 4.15. The van der Waals surface area contributed by atoms with Gasteiger partial charge in [-0.1, -0.05) is 0 Å². The van der Waals surface area contributed by atoms with Gasteiger partial charge in [-0.3, -0.25) is 4.98 Å². The topological polar surface area (TPSA) is 33.1 Å². The van der Waals surface area contributed by atoms with Crippen molar-refractivity contribution in [3.05, 3.63) is 28.6 Å². The zero-order valence-corrected chi connectivity index (χ0v) is 8.05. The molecule has 1 heterocycles. The standard InChI is InChI=1S/C10H15NO/c1-6-5-7(2)11-8(3)10(6)9(4)12/h5,9,12H,1-4H3. The molecule has 1 unspecified atom stereocenters. The maximum Gasteiger partial charge on any atom is 0.0782 e. The van der Waals surface area contributed by atoms with Crippen LogP contribution in [0.2, 0.25) is 0 Å². The highest BCUT2D eigenvalue weighted by Crippen LogP contribution is 2.20. The van der Waals surface area contributed by atoms with Gasteiger partial charge in [0.05, 0.1) is 6.10 Å². The molecule has 1 aromatic heterocycles. The highest BCUT2D eigenvalue weighted by molar-refractivity contribution is 5.32. The summed E-state index contributed by atoms with van der Waals surface area (Å²) < 4.78 is 0. The van der Waals surface area contributed by atoms with E-state index >= 15 is 0 Å². The van der Waals surface area contributed by atoms with Crippen molar-refractivity contribution in [1.82, 2.24) is 4.98 Å². The van der Waals surface area contributed by atoms with E-state index in [1.165, 1.54) is 0 Å². The Bertz CT molecular complexity index is 269. The van der Waals surface area contributed by atoms with Crippen LogP contribution in [0.3, 0.4) is 0 Å². The van der Waals surface area contributed by atoms with Crippen molar-refractivity contribution in [1.29, 1.82) is 0 Å². The van der Waals surface area contributed by atoms with E-state index in [2.05, 4.69) is 4.98 Å². The molecule has 0 amide bonds. The molecule has 1 atom stereocenters. The molecular weight excluding hydrogens is 150 g/mol. The van der Waals surface area contributed by atoms with E-state index in [0.29, 0.717) is 0 Å². The third-order valence-electron chi connectivity index (χ3n) is 2.00. The molecule has 2 heteroatoms. The number of aliphatic hydroxyl groups excluding tert-OH is 1. The summed E-state index contributed by atoms with van der Waals surface area (Å²) in [6.45, 7) is 7.67. The molecule has 12 heavy (non-hydrogen) atoms. The quantitative estimate of drug-likeness (QED) is 0.691. The molecule has 0 aromatic carbocycles.